The molecule has 1 aromatic heterocycles. The minimum Gasteiger partial charge on any atom is -0.360 e. The first-order chi connectivity index (χ1) is 7.83. The highest BCUT2D eigenvalue weighted by molar-refractivity contribution is 5.84. The number of hydrogen-bond donors (Lipinski definition) is 2. The van der Waals surface area contributed by atoms with E-state index in [-0.39, 0.29) is 5.43 Å². The Morgan fingerprint density at radius 3 is 3.00 bits per heavy atom. The number of para-hydroxylation sites is 1. The molecule has 2 rings (SSSR count). The molecule has 0 amide bonds. The highest BCUT2D eigenvalue weighted by atomic mass is 16.1. The average molecular weight is 212 g/mol. The first-order valence-electron chi connectivity index (χ1n) is 5.12. The second kappa shape index (κ2) is 4.65. The lowest BCUT2D eigenvalue weighted by atomic mass is 10.1. The van der Waals surface area contributed by atoms with Gasteiger partial charge in [0.25, 0.3) is 0 Å². The molecule has 0 spiro atoms. The Morgan fingerprint density at radius 2 is 2.19 bits per heavy atom. The predicted molar refractivity (Wildman–Crippen MR) is 65.1 cm³/mol. The molecule has 0 radical (unpaired) electrons. The molecule has 0 fully saturated rings. The average Bonchev–Trinajstić information content (AvgIpc) is 2.31. The van der Waals surface area contributed by atoms with Crippen molar-refractivity contribution in [2.24, 2.45) is 5.73 Å². The number of hydrogen-bond acceptors (Lipinski definition) is 2. The highest BCUT2D eigenvalue weighted by Crippen LogP contribution is 2.11. The molecule has 16 heavy (non-hydrogen) atoms. The van der Waals surface area contributed by atoms with E-state index < -0.39 is 0 Å². The fourth-order valence-corrected chi connectivity index (χ4v) is 1.54. The minimum absolute atomic E-state index is 0.0104. The zero-order valence-corrected chi connectivity index (χ0v) is 8.79. The summed E-state index contributed by atoms with van der Waals surface area (Å²) < 4.78 is 0. The van der Waals surface area contributed by atoms with Crippen molar-refractivity contribution in [3.63, 3.8) is 0 Å². The number of aromatic amines is 1. The van der Waals surface area contributed by atoms with Crippen molar-refractivity contribution in [2.75, 3.05) is 6.54 Å². The summed E-state index contributed by atoms with van der Waals surface area (Å²) in [6.45, 7) is 0.550. The van der Waals surface area contributed by atoms with Crippen molar-refractivity contribution in [1.82, 2.24) is 4.98 Å². The molecule has 0 unspecified atom stereocenters. The fourth-order valence-electron chi connectivity index (χ4n) is 1.54. The fraction of sp³-hybridized carbons (Fsp3) is 0.154. The van der Waals surface area contributed by atoms with Crippen LogP contribution in [0.3, 0.4) is 0 Å². The molecule has 1 heterocycles. The number of pyridine rings is 1. The van der Waals surface area contributed by atoms with E-state index in [0.717, 1.165) is 11.1 Å². The minimum atomic E-state index is 0.0104. The predicted octanol–water partition coefficient (Wildman–Crippen LogP) is 1.23. The van der Waals surface area contributed by atoms with Crippen LogP contribution in [-0.4, -0.2) is 11.5 Å². The van der Waals surface area contributed by atoms with E-state index >= 15 is 0 Å². The van der Waals surface area contributed by atoms with Crippen LogP contribution in [0.15, 0.2) is 35.3 Å². The quantitative estimate of drug-likeness (QED) is 0.698. The molecule has 3 nitrogen and oxygen atoms in total. The van der Waals surface area contributed by atoms with Crippen molar-refractivity contribution in [1.29, 1.82) is 0 Å². The Morgan fingerprint density at radius 1 is 1.31 bits per heavy atom. The van der Waals surface area contributed by atoms with E-state index in [9.17, 15) is 4.79 Å². The summed E-state index contributed by atoms with van der Waals surface area (Å²) in [7, 11) is 0. The van der Waals surface area contributed by atoms with Crippen LogP contribution in [0.4, 0.5) is 0 Å². The number of H-pyrrole nitrogens is 1. The van der Waals surface area contributed by atoms with Crippen molar-refractivity contribution in [3.8, 4) is 11.8 Å². The maximum Gasteiger partial charge on any atom is 0.189 e. The molecule has 0 bridgehead atoms. The Balaban J connectivity index is 2.60. The molecule has 3 heteroatoms. The van der Waals surface area contributed by atoms with Gasteiger partial charge in [0, 0.05) is 36.2 Å². The maximum absolute atomic E-state index is 11.6. The lowest BCUT2D eigenvalue weighted by Crippen LogP contribution is -2.00. The second-order valence-electron chi connectivity index (χ2n) is 3.41. The van der Waals surface area contributed by atoms with Crippen molar-refractivity contribution < 1.29 is 0 Å². The Kier molecular flexibility index (Phi) is 3.04. The molecule has 3 N–H and O–H groups in total. The van der Waals surface area contributed by atoms with Crippen LogP contribution in [0, 0.1) is 11.8 Å². The largest absolute Gasteiger partial charge is 0.360 e. The zero-order chi connectivity index (χ0) is 11.4. The van der Waals surface area contributed by atoms with E-state index in [1.165, 1.54) is 6.07 Å². The van der Waals surface area contributed by atoms with Gasteiger partial charge >= 0.3 is 0 Å². The Hall–Kier alpha value is -2.05. The summed E-state index contributed by atoms with van der Waals surface area (Å²) in [4.78, 5) is 14.6. The van der Waals surface area contributed by atoms with Gasteiger partial charge in [-0.2, -0.15) is 0 Å². The third kappa shape index (κ3) is 1.97. The molecular formula is C13H12N2O. The molecule has 0 aliphatic rings. The standard InChI is InChI=1S/C13H12N2O/c14-8-2-1-4-10-5-3-6-11-12(16)7-9-15-13(10)11/h3,5-7,9H,2,8,14H2,(H,15,16). The smallest absolute Gasteiger partial charge is 0.189 e. The van der Waals surface area contributed by atoms with Crippen LogP contribution in [-0.2, 0) is 0 Å². The number of rotatable bonds is 1. The number of benzene rings is 1. The zero-order valence-electron chi connectivity index (χ0n) is 8.79. The number of nitrogens with one attached hydrogen (secondary N) is 1. The van der Waals surface area contributed by atoms with Gasteiger partial charge in [-0.15, -0.1) is 0 Å². The summed E-state index contributed by atoms with van der Waals surface area (Å²) in [5.74, 6) is 5.98. The van der Waals surface area contributed by atoms with Gasteiger partial charge in [-0.1, -0.05) is 17.9 Å². The lowest BCUT2D eigenvalue weighted by Gasteiger charge is -1.98. The van der Waals surface area contributed by atoms with E-state index in [2.05, 4.69) is 16.8 Å². The maximum atomic E-state index is 11.6. The normalized spacial score (nSPS) is 9.81. The number of aromatic nitrogens is 1. The molecular weight excluding hydrogens is 200 g/mol. The van der Waals surface area contributed by atoms with Gasteiger partial charge in [0.1, 0.15) is 0 Å². The summed E-state index contributed by atoms with van der Waals surface area (Å²) in [5.41, 5.74) is 7.01. The van der Waals surface area contributed by atoms with Gasteiger partial charge in [-0.3, -0.25) is 4.79 Å². The molecule has 80 valence electrons. The molecule has 2 aromatic rings. The van der Waals surface area contributed by atoms with E-state index in [1.807, 2.05) is 12.1 Å². The summed E-state index contributed by atoms with van der Waals surface area (Å²) in [6, 6.07) is 7.04. The number of fused-ring (bicyclic) bond motifs is 1. The third-order valence-corrected chi connectivity index (χ3v) is 2.28. The van der Waals surface area contributed by atoms with Crippen molar-refractivity contribution >= 4 is 10.9 Å². The van der Waals surface area contributed by atoms with Crippen molar-refractivity contribution in [2.45, 2.75) is 6.42 Å². The first-order valence-corrected chi connectivity index (χ1v) is 5.12. The van der Waals surface area contributed by atoms with Gasteiger partial charge in [0.2, 0.25) is 0 Å². The number of nitrogens with two attached hydrogens (primary N) is 1. The highest BCUT2D eigenvalue weighted by Gasteiger charge is 2.00. The summed E-state index contributed by atoms with van der Waals surface area (Å²) >= 11 is 0. The van der Waals surface area contributed by atoms with Gasteiger partial charge < -0.3 is 10.7 Å². The second-order valence-corrected chi connectivity index (χ2v) is 3.41. The van der Waals surface area contributed by atoms with E-state index in [0.29, 0.717) is 18.4 Å². The monoisotopic (exact) mass is 212 g/mol. The molecule has 1 aromatic carbocycles. The summed E-state index contributed by atoms with van der Waals surface area (Å²) in [5, 5.41) is 0.669. The lowest BCUT2D eigenvalue weighted by molar-refractivity contribution is 1.03. The van der Waals surface area contributed by atoms with E-state index in [4.69, 9.17) is 5.73 Å². The van der Waals surface area contributed by atoms with Gasteiger partial charge in [0.05, 0.1) is 5.52 Å². The Bertz CT molecular complexity index is 617. The SMILES string of the molecule is NCCC#Cc1cccc2c(=O)cc[nH]c12. The van der Waals surface area contributed by atoms with Crippen LogP contribution < -0.4 is 11.2 Å². The van der Waals surface area contributed by atoms with Crippen LogP contribution in [0.25, 0.3) is 10.9 Å². The van der Waals surface area contributed by atoms with Gasteiger partial charge in [0.15, 0.2) is 5.43 Å². The molecule has 0 aliphatic carbocycles. The topological polar surface area (TPSA) is 58.9 Å². The van der Waals surface area contributed by atoms with E-state index in [1.54, 1.807) is 12.3 Å². The molecule has 0 saturated carbocycles. The van der Waals surface area contributed by atoms with Crippen LogP contribution >= 0.6 is 0 Å². The van der Waals surface area contributed by atoms with Crippen LogP contribution in [0.5, 0.6) is 0 Å². The van der Waals surface area contributed by atoms with Crippen LogP contribution in [0.1, 0.15) is 12.0 Å². The Labute approximate surface area is 93.3 Å². The van der Waals surface area contributed by atoms with Crippen molar-refractivity contribution in [3.05, 3.63) is 46.2 Å². The van der Waals surface area contributed by atoms with Crippen LogP contribution in [0.2, 0.25) is 0 Å². The van der Waals surface area contributed by atoms with Gasteiger partial charge in [-0.25, -0.2) is 0 Å². The molecule has 0 saturated heterocycles. The molecule has 0 aliphatic heterocycles. The first kappa shape index (κ1) is 10.5. The third-order valence-electron chi connectivity index (χ3n) is 2.28. The summed E-state index contributed by atoms with van der Waals surface area (Å²) in [6.07, 6.45) is 2.30. The molecule has 0 atom stereocenters. The van der Waals surface area contributed by atoms with Gasteiger partial charge in [-0.05, 0) is 12.1 Å².